The number of carboxylic acids is 4. The summed E-state index contributed by atoms with van der Waals surface area (Å²) in [5.74, 6) is -3.79. The van der Waals surface area contributed by atoms with Crippen LogP contribution in [0, 0.1) is 0 Å². The van der Waals surface area contributed by atoms with Gasteiger partial charge in [-0.15, -0.1) is 0 Å². The molecular weight excluding hydrogens is 757 g/mol. The molecule has 296 valence electrons. The molecular formula is C40H46N6O8S2. The molecule has 16 heteroatoms. The molecule has 0 fully saturated rings. The van der Waals surface area contributed by atoms with E-state index < -0.39 is 36.0 Å². The van der Waals surface area contributed by atoms with Gasteiger partial charge in [0.1, 0.15) is 12.1 Å². The monoisotopic (exact) mass is 802 g/mol. The van der Waals surface area contributed by atoms with Gasteiger partial charge in [0.15, 0.2) is 0 Å². The van der Waals surface area contributed by atoms with Crippen molar-refractivity contribution >= 4 is 70.2 Å². The summed E-state index contributed by atoms with van der Waals surface area (Å²) in [5.41, 5.74) is 22.9. The average Bonchev–Trinajstić information content (AvgIpc) is 3.80. The Labute approximate surface area is 333 Å². The number of aliphatic imine (C=N–C) groups is 4. The third kappa shape index (κ3) is 9.20. The maximum atomic E-state index is 11.8. The molecule has 5 heterocycles. The average molecular weight is 803 g/mol. The number of aliphatic carboxylic acids is 4. The number of carboxylic acid groups (broad SMARTS) is 4. The molecule has 0 aliphatic carbocycles. The molecule has 0 spiro atoms. The standard InChI is InChI=1S/C40H46N6O8S2/c1-17-23(7-9-35(47)48)31-14-32-24(8-10-36(49)50)18(2)28(44-32)12-33-38(22(6)56-16-26(42)40(53)54)20(4)30(46-33)13-34-37(21(5)55-15-25(41)39(51)52)19(3)29(45-34)11-27(17)43-31/h11-14,21-22,25-26H,7-10,15-16,41-42H2,1-6H3,(H,47,48)(H,49,50)(H,51,52)(H,53,54)/t21-,22+,25+,26+/m1/s1. The van der Waals surface area contributed by atoms with E-state index in [1.807, 2.05) is 59.8 Å². The lowest BCUT2D eigenvalue weighted by atomic mass is 9.96. The molecule has 56 heavy (non-hydrogen) atoms. The predicted octanol–water partition coefficient (Wildman–Crippen LogP) is 5.42. The number of nitrogens with two attached hydrogens (primary N) is 2. The molecule has 0 amide bonds. The van der Waals surface area contributed by atoms with Gasteiger partial charge in [-0.3, -0.25) is 19.2 Å². The second kappa shape index (κ2) is 17.5. The Balaban J connectivity index is 1.75. The first-order chi connectivity index (χ1) is 26.4. The summed E-state index contributed by atoms with van der Waals surface area (Å²) in [6.07, 6.45) is 7.54. The SMILES string of the molecule is CC1=C(CCC(=O)O)C2=CC3=NC(=CC4=NC(=CC5=NC(=CC1=N2)C([C@H](C)SC[C@H](N)C(=O)O)=C5C)C([C@@H](C)SC[C@H](N)C(=O)O)=C4C)C(C)=C3CCC(=O)O. The highest BCUT2D eigenvalue weighted by Gasteiger charge is 2.32. The molecule has 5 aliphatic heterocycles. The number of hydrogen-bond donors (Lipinski definition) is 6. The van der Waals surface area contributed by atoms with Gasteiger partial charge >= 0.3 is 23.9 Å². The van der Waals surface area contributed by atoms with E-state index in [1.54, 1.807) is 6.08 Å². The van der Waals surface area contributed by atoms with Gasteiger partial charge < -0.3 is 31.9 Å². The number of thioether (sulfide) groups is 2. The minimum absolute atomic E-state index is 0.129. The van der Waals surface area contributed by atoms with E-state index in [0.717, 1.165) is 44.6 Å². The highest BCUT2D eigenvalue weighted by atomic mass is 32.2. The van der Waals surface area contributed by atoms with E-state index in [-0.39, 0.29) is 47.7 Å². The molecule has 0 aromatic carbocycles. The first-order valence-electron chi connectivity index (χ1n) is 18.1. The molecule has 5 aliphatic rings. The number of carbonyl (C=O) groups is 4. The Morgan fingerprint density at radius 2 is 0.929 bits per heavy atom. The van der Waals surface area contributed by atoms with Crippen LogP contribution in [0.15, 0.2) is 112 Å². The summed E-state index contributed by atoms with van der Waals surface area (Å²) in [6, 6.07) is -2.12. The molecule has 0 saturated carbocycles. The van der Waals surface area contributed by atoms with Gasteiger partial charge in [-0.25, -0.2) is 20.0 Å². The zero-order valence-corrected chi connectivity index (χ0v) is 33.7. The highest BCUT2D eigenvalue weighted by molar-refractivity contribution is 8.00. The molecule has 5 rings (SSSR count). The molecule has 0 radical (unpaired) electrons. The Hall–Kier alpha value is -4.90. The van der Waals surface area contributed by atoms with Crippen LogP contribution in [-0.4, -0.2) is 101 Å². The Kier molecular flexibility index (Phi) is 13.2. The van der Waals surface area contributed by atoms with E-state index >= 15 is 0 Å². The van der Waals surface area contributed by atoms with E-state index in [4.69, 9.17) is 31.4 Å². The largest absolute Gasteiger partial charge is 0.481 e. The van der Waals surface area contributed by atoms with E-state index in [9.17, 15) is 39.6 Å². The van der Waals surface area contributed by atoms with Crippen LogP contribution >= 0.6 is 23.5 Å². The maximum Gasteiger partial charge on any atom is 0.321 e. The van der Waals surface area contributed by atoms with Gasteiger partial charge in [0.25, 0.3) is 0 Å². The van der Waals surface area contributed by atoms with Crippen molar-refractivity contribution < 1.29 is 39.6 Å². The number of allylic oxidation sites excluding steroid dienone is 12. The van der Waals surface area contributed by atoms with E-state index in [2.05, 4.69) is 0 Å². The summed E-state index contributed by atoms with van der Waals surface area (Å²) < 4.78 is 0. The Morgan fingerprint density at radius 3 is 1.38 bits per heavy atom. The third-order valence-electron chi connectivity index (χ3n) is 10.2. The lowest BCUT2D eigenvalue weighted by Gasteiger charge is -2.17. The van der Waals surface area contributed by atoms with E-state index in [1.165, 1.54) is 23.5 Å². The summed E-state index contributed by atoms with van der Waals surface area (Å²) in [5, 5.41) is 37.7. The molecule has 0 aromatic heterocycles. The van der Waals surface area contributed by atoms with Gasteiger partial charge in [0.2, 0.25) is 0 Å². The van der Waals surface area contributed by atoms with Crippen LogP contribution < -0.4 is 11.5 Å². The van der Waals surface area contributed by atoms with Gasteiger partial charge in [0, 0.05) is 34.8 Å². The molecule has 0 unspecified atom stereocenters. The van der Waals surface area contributed by atoms with Crippen LogP contribution in [0.1, 0.15) is 67.2 Å². The van der Waals surface area contributed by atoms with Crippen molar-refractivity contribution in [3.05, 3.63) is 91.7 Å². The predicted molar refractivity (Wildman–Crippen MR) is 222 cm³/mol. The van der Waals surface area contributed by atoms with Crippen molar-refractivity contribution in [1.29, 1.82) is 0 Å². The third-order valence-corrected chi connectivity index (χ3v) is 12.7. The fourth-order valence-corrected chi connectivity index (χ4v) is 9.13. The fraction of sp³-hybridized carbons (Fsp3) is 0.400. The number of fused-ring (bicyclic) bond motifs is 4. The lowest BCUT2D eigenvalue weighted by Crippen LogP contribution is -2.33. The Bertz CT molecular complexity index is 2180. The summed E-state index contributed by atoms with van der Waals surface area (Å²) in [6.45, 7) is 11.6. The molecule has 0 aromatic rings. The minimum Gasteiger partial charge on any atom is -0.481 e. The fourth-order valence-electron chi connectivity index (χ4n) is 6.93. The summed E-state index contributed by atoms with van der Waals surface area (Å²) in [7, 11) is 0. The quantitative estimate of drug-likeness (QED) is 0.115. The second-order valence-electron chi connectivity index (χ2n) is 14.0. The topological polar surface area (TPSA) is 251 Å². The maximum absolute atomic E-state index is 11.8. The van der Waals surface area contributed by atoms with Crippen LogP contribution in [0.2, 0.25) is 0 Å². The first kappa shape index (κ1) is 42.2. The van der Waals surface area contributed by atoms with Crippen LogP contribution in [0.4, 0.5) is 0 Å². The highest BCUT2D eigenvalue weighted by Crippen LogP contribution is 2.41. The van der Waals surface area contributed by atoms with Crippen molar-refractivity contribution in [2.75, 3.05) is 11.5 Å². The molecule has 14 nitrogen and oxygen atoms in total. The Morgan fingerprint density at radius 1 is 0.554 bits per heavy atom. The molecule has 0 saturated heterocycles. The van der Waals surface area contributed by atoms with Crippen molar-refractivity contribution in [3.63, 3.8) is 0 Å². The van der Waals surface area contributed by atoms with Crippen molar-refractivity contribution in [2.45, 2.75) is 89.8 Å². The van der Waals surface area contributed by atoms with Crippen molar-refractivity contribution in [3.8, 4) is 0 Å². The molecule has 4 atom stereocenters. The van der Waals surface area contributed by atoms with Gasteiger partial charge in [-0.05, 0) is 123 Å². The minimum atomic E-state index is -1.10. The van der Waals surface area contributed by atoms with Crippen LogP contribution in [0.5, 0.6) is 0 Å². The first-order valence-corrected chi connectivity index (χ1v) is 20.2. The normalized spacial score (nSPS) is 20.1. The lowest BCUT2D eigenvalue weighted by molar-refractivity contribution is -0.138. The summed E-state index contributed by atoms with van der Waals surface area (Å²) >= 11 is 2.79. The molecule has 8 bridgehead atoms. The number of hydrogen-bond acceptors (Lipinski definition) is 12. The van der Waals surface area contributed by atoms with Crippen LogP contribution in [0.3, 0.4) is 0 Å². The smallest absolute Gasteiger partial charge is 0.321 e. The zero-order valence-electron chi connectivity index (χ0n) is 32.0. The van der Waals surface area contributed by atoms with Gasteiger partial charge in [0.05, 0.1) is 45.6 Å². The van der Waals surface area contributed by atoms with Gasteiger partial charge in [-0.2, -0.15) is 23.5 Å². The van der Waals surface area contributed by atoms with Crippen molar-refractivity contribution in [2.24, 2.45) is 31.4 Å². The number of rotatable bonds is 16. The zero-order chi connectivity index (χ0) is 41.2. The number of nitrogens with zero attached hydrogens (tertiary/aromatic N) is 4. The van der Waals surface area contributed by atoms with Crippen LogP contribution in [-0.2, 0) is 19.2 Å². The van der Waals surface area contributed by atoms with Crippen molar-refractivity contribution in [1.82, 2.24) is 0 Å². The van der Waals surface area contributed by atoms with Gasteiger partial charge in [-0.1, -0.05) is 0 Å². The van der Waals surface area contributed by atoms with Crippen LogP contribution in [0.25, 0.3) is 0 Å². The molecule has 8 N–H and O–H groups in total. The second-order valence-corrected chi connectivity index (χ2v) is 16.8. The van der Waals surface area contributed by atoms with E-state index in [0.29, 0.717) is 45.6 Å². The summed E-state index contributed by atoms with van der Waals surface area (Å²) in [4.78, 5) is 66.8.